The summed E-state index contributed by atoms with van der Waals surface area (Å²) in [6.07, 6.45) is 1.94. The number of phenolic OH excluding ortho intramolecular Hbond substituents is 1. The Morgan fingerprint density at radius 2 is 2.00 bits per heavy atom. The summed E-state index contributed by atoms with van der Waals surface area (Å²) in [7, 11) is 1.88. The summed E-state index contributed by atoms with van der Waals surface area (Å²) in [6.45, 7) is 0. The highest BCUT2D eigenvalue weighted by atomic mass is 32.2. The van der Waals surface area contributed by atoms with Gasteiger partial charge < -0.3 is 9.67 Å². The van der Waals surface area contributed by atoms with Crippen molar-refractivity contribution in [3.8, 4) is 17.1 Å². The maximum atomic E-state index is 9.68. The van der Waals surface area contributed by atoms with Crippen LogP contribution in [-0.2, 0) is 7.05 Å². The number of aromatic hydroxyl groups is 1. The van der Waals surface area contributed by atoms with Crippen molar-refractivity contribution in [2.45, 2.75) is 5.16 Å². The van der Waals surface area contributed by atoms with Crippen molar-refractivity contribution in [3.63, 3.8) is 0 Å². The lowest BCUT2D eigenvalue weighted by Crippen LogP contribution is -1.94. The van der Waals surface area contributed by atoms with Crippen LogP contribution in [-0.4, -0.2) is 26.1 Å². The van der Waals surface area contributed by atoms with Gasteiger partial charge >= 0.3 is 0 Å². The molecule has 1 aromatic heterocycles. The van der Waals surface area contributed by atoms with Gasteiger partial charge in [-0.2, -0.15) is 0 Å². The number of nitrogens with zero attached hydrogens (tertiary/aromatic N) is 3. The Hall–Kier alpha value is -1.49. The first-order valence-corrected chi connectivity index (χ1v) is 5.68. The molecular weight excluding hydrogens is 210 g/mol. The van der Waals surface area contributed by atoms with E-state index in [-0.39, 0.29) is 5.75 Å². The highest BCUT2D eigenvalue weighted by Gasteiger charge is 2.12. The first-order valence-electron chi connectivity index (χ1n) is 4.45. The van der Waals surface area contributed by atoms with Gasteiger partial charge in [-0.1, -0.05) is 23.9 Å². The molecule has 0 fully saturated rings. The fourth-order valence-corrected chi connectivity index (χ4v) is 1.87. The normalized spacial score (nSPS) is 10.5. The van der Waals surface area contributed by atoms with E-state index in [1.807, 2.05) is 30.0 Å². The summed E-state index contributed by atoms with van der Waals surface area (Å²) in [6, 6.07) is 7.11. The van der Waals surface area contributed by atoms with Gasteiger partial charge in [0.15, 0.2) is 11.0 Å². The number of benzene rings is 1. The molecule has 0 bridgehead atoms. The number of phenols is 1. The van der Waals surface area contributed by atoms with E-state index >= 15 is 0 Å². The predicted molar refractivity (Wildman–Crippen MR) is 59.9 cm³/mol. The molecule has 2 aromatic rings. The van der Waals surface area contributed by atoms with Gasteiger partial charge in [-0.05, 0) is 18.4 Å². The van der Waals surface area contributed by atoms with Crippen molar-refractivity contribution in [1.82, 2.24) is 14.8 Å². The van der Waals surface area contributed by atoms with Gasteiger partial charge in [0.2, 0.25) is 0 Å². The quantitative estimate of drug-likeness (QED) is 0.787. The molecule has 0 spiro atoms. The van der Waals surface area contributed by atoms with Gasteiger partial charge in [-0.25, -0.2) is 0 Å². The third-order valence-corrected chi connectivity index (χ3v) is 2.88. The molecule has 0 unspecified atom stereocenters. The van der Waals surface area contributed by atoms with E-state index in [0.29, 0.717) is 11.4 Å². The molecule has 0 amide bonds. The third-order valence-electron chi connectivity index (χ3n) is 2.16. The summed E-state index contributed by atoms with van der Waals surface area (Å²) in [5.74, 6) is 0.901. The molecule has 1 aromatic carbocycles. The molecule has 0 aliphatic carbocycles. The van der Waals surface area contributed by atoms with E-state index in [0.717, 1.165) is 5.16 Å². The molecule has 4 nitrogen and oxygen atoms in total. The summed E-state index contributed by atoms with van der Waals surface area (Å²) in [5.41, 5.74) is 0.702. The highest BCUT2D eigenvalue weighted by Crippen LogP contribution is 2.28. The zero-order chi connectivity index (χ0) is 10.8. The maximum Gasteiger partial charge on any atom is 0.190 e. The molecule has 0 aliphatic rings. The van der Waals surface area contributed by atoms with Crippen LogP contribution in [0.5, 0.6) is 5.75 Å². The van der Waals surface area contributed by atoms with Crippen molar-refractivity contribution in [1.29, 1.82) is 0 Å². The lowest BCUT2D eigenvalue weighted by Gasteiger charge is -2.03. The fraction of sp³-hybridized carbons (Fsp3) is 0.200. The molecule has 0 radical (unpaired) electrons. The molecule has 0 atom stereocenters. The third kappa shape index (κ3) is 1.70. The Bertz CT molecular complexity index is 481. The van der Waals surface area contributed by atoms with Crippen LogP contribution in [0.4, 0.5) is 0 Å². The van der Waals surface area contributed by atoms with E-state index < -0.39 is 0 Å². The second-order valence-corrected chi connectivity index (χ2v) is 3.86. The van der Waals surface area contributed by atoms with Crippen molar-refractivity contribution in [2.75, 3.05) is 6.26 Å². The van der Waals surface area contributed by atoms with Crippen molar-refractivity contribution < 1.29 is 5.11 Å². The standard InChI is InChI=1S/C10H11N3OS/c1-13-9(11-12-10(13)15-2)7-5-3-4-6-8(7)14/h3-6,14H,1-2H3. The van der Waals surface area contributed by atoms with Crippen LogP contribution in [0.25, 0.3) is 11.4 Å². The highest BCUT2D eigenvalue weighted by molar-refractivity contribution is 7.98. The van der Waals surface area contributed by atoms with Crippen molar-refractivity contribution in [3.05, 3.63) is 24.3 Å². The summed E-state index contributed by atoms with van der Waals surface area (Å²) in [4.78, 5) is 0. The van der Waals surface area contributed by atoms with Gasteiger partial charge in [-0.3, -0.25) is 0 Å². The van der Waals surface area contributed by atoms with E-state index in [1.165, 1.54) is 11.8 Å². The molecule has 1 N–H and O–H groups in total. The fourth-order valence-electron chi connectivity index (χ4n) is 1.39. The van der Waals surface area contributed by atoms with E-state index in [4.69, 9.17) is 0 Å². The number of para-hydroxylation sites is 1. The smallest absolute Gasteiger partial charge is 0.190 e. The first kappa shape index (κ1) is 10.0. The summed E-state index contributed by atoms with van der Waals surface area (Å²) >= 11 is 1.52. The monoisotopic (exact) mass is 221 g/mol. The van der Waals surface area contributed by atoms with Crippen LogP contribution in [0, 0.1) is 0 Å². The Balaban J connectivity index is 2.55. The van der Waals surface area contributed by atoms with Crippen LogP contribution >= 0.6 is 11.8 Å². The Morgan fingerprint density at radius 1 is 1.27 bits per heavy atom. The predicted octanol–water partition coefficient (Wildman–Crippen LogP) is 1.91. The van der Waals surface area contributed by atoms with Gasteiger partial charge in [0, 0.05) is 7.05 Å². The van der Waals surface area contributed by atoms with Gasteiger partial charge in [-0.15, -0.1) is 10.2 Å². The van der Waals surface area contributed by atoms with Crippen LogP contribution in [0.3, 0.4) is 0 Å². The maximum absolute atomic E-state index is 9.68. The minimum Gasteiger partial charge on any atom is -0.507 e. The topological polar surface area (TPSA) is 50.9 Å². The first-order chi connectivity index (χ1) is 7.24. The lowest BCUT2D eigenvalue weighted by atomic mass is 10.2. The average molecular weight is 221 g/mol. The van der Waals surface area contributed by atoms with Gasteiger partial charge in [0.1, 0.15) is 5.75 Å². The SMILES string of the molecule is CSc1nnc(-c2ccccc2O)n1C. The molecule has 78 valence electrons. The van der Waals surface area contributed by atoms with Crippen molar-refractivity contribution >= 4 is 11.8 Å². The lowest BCUT2D eigenvalue weighted by molar-refractivity contribution is 0.476. The van der Waals surface area contributed by atoms with E-state index in [1.54, 1.807) is 12.1 Å². The largest absolute Gasteiger partial charge is 0.507 e. The van der Waals surface area contributed by atoms with Crippen LogP contribution in [0.15, 0.2) is 29.4 Å². The molecular formula is C10H11N3OS. The average Bonchev–Trinajstić information content (AvgIpc) is 2.60. The Labute approximate surface area is 92.0 Å². The number of hydrogen-bond acceptors (Lipinski definition) is 4. The Morgan fingerprint density at radius 3 is 2.60 bits per heavy atom. The van der Waals surface area contributed by atoms with Gasteiger partial charge in [0.25, 0.3) is 0 Å². The molecule has 0 saturated heterocycles. The van der Waals surface area contributed by atoms with Crippen LogP contribution in [0.2, 0.25) is 0 Å². The van der Waals surface area contributed by atoms with Crippen LogP contribution < -0.4 is 0 Å². The molecule has 2 rings (SSSR count). The number of hydrogen-bond donors (Lipinski definition) is 1. The molecule has 1 heterocycles. The van der Waals surface area contributed by atoms with E-state index in [2.05, 4.69) is 10.2 Å². The zero-order valence-corrected chi connectivity index (χ0v) is 9.32. The number of aromatic nitrogens is 3. The zero-order valence-electron chi connectivity index (χ0n) is 8.51. The van der Waals surface area contributed by atoms with Crippen molar-refractivity contribution in [2.24, 2.45) is 7.05 Å². The molecule has 5 heteroatoms. The van der Waals surface area contributed by atoms with Gasteiger partial charge in [0.05, 0.1) is 5.56 Å². The Kier molecular flexibility index (Phi) is 2.64. The molecule has 0 saturated carbocycles. The van der Waals surface area contributed by atoms with Crippen LogP contribution in [0.1, 0.15) is 0 Å². The van der Waals surface area contributed by atoms with E-state index in [9.17, 15) is 5.11 Å². The minimum atomic E-state index is 0.223. The number of rotatable bonds is 2. The second kappa shape index (κ2) is 3.94. The minimum absolute atomic E-state index is 0.223. The molecule has 0 aliphatic heterocycles. The summed E-state index contributed by atoms with van der Waals surface area (Å²) < 4.78 is 1.86. The molecule has 15 heavy (non-hydrogen) atoms. The number of thioether (sulfide) groups is 1. The second-order valence-electron chi connectivity index (χ2n) is 3.09. The summed E-state index contributed by atoms with van der Waals surface area (Å²) in [5, 5.41) is 18.6.